The van der Waals surface area contributed by atoms with E-state index in [-0.39, 0.29) is 0 Å². The van der Waals surface area contributed by atoms with Gasteiger partial charge in [-0.05, 0) is 175 Å². The topological polar surface area (TPSA) is 68.3 Å². The van der Waals surface area contributed by atoms with Crippen molar-refractivity contribution in [3.05, 3.63) is 250 Å². The first-order valence-corrected chi connectivity index (χ1v) is 24.9. The van der Waals surface area contributed by atoms with Crippen LogP contribution in [0.3, 0.4) is 0 Å². The molecule has 0 aromatic heterocycles. The third kappa shape index (κ3) is 9.08. The Bertz CT molecular complexity index is 3250. The zero-order chi connectivity index (χ0) is 51.6. The van der Waals surface area contributed by atoms with Gasteiger partial charge in [0.15, 0.2) is 0 Å². The fourth-order valence-electron chi connectivity index (χ4n) is 11.3. The van der Waals surface area contributed by atoms with Gasteiger partial charge < -0.3 is 0 Å². The minimum atomic E-state index is 0.645. The van der Waals surface area contributed by atoms with Crippen molar-refractivity contribution in [2.75, 3.05) is 0 Å². The molecule has 0 aliphatic carbocycles. The molecule has 10 aromatic carbocycles. The molecule has 0 radical (unpaired) electrons. The molecule has 0 fully saturated rings. The second kappa shape index (κ2) is 20.5. The molecule has 10 aromatic rings. The van der Waals surface area contributed by atoms with Gasteiger partial charge in [0.25, 0.3) is 0 Å². The highest BCUT2D eigenvalue weighted by Crippen LogP contribution is 2.50. The Morgan fingerprint density at radius 3 is 0.446 bits per heavy atom. The molecule has 0 amide bonds. The van der Waals surface area contributed by atoms with Gasteiger partial charge in [0.2, 0.25) is 0 Å². The molecule has 4 nitrogen and oxygen atoms in total. The van der Waals surface area contributed by atoms with Crippen molar-refractivity contribution in [3.8, 4) is 100 Å². The van der Waals surface area contributed by atoms with Crippen molar-refractivity contribution in [2.24, 2.45) is 0 Å². The molecule has 0 saturated carbocycles. The molecule has 4 heteroatoms. The smallest absolute Gasteiger partial charge is 0.150 e. The number of aldehydes is 4. The Morgan fingerprint density at radius 1 is 0.176 bits per heavy atom. The lowest BCUT2D eigenvalue weighted by Gasteiger charge is -2.28. The van der Waals surface area contributed by atoms with Gasteiger partial charge in [-0.1, -0.05) is 194 Å². The third-order valence-electron chi connectivity index (χ3n) is 15.0. The Labute approximate surface area is 433 Å². The molecule has 0 aliphatic heterocycles. The molecule has 74 heavy (non-hydrogen) atoms. The first kappa shape index (κ1) is 48.5. The summed E-state index contributed by atoms with van der Waals surface area (Å²) < 4.78 is 0. The van der Waals surface area contributed by atoms with Crippen LogP contribution in [0, 0.1) is 41.5 Å². The summed E-state index contributed by atoms with van der Waals surface area (Å²) in [6.45, 7) is 13.6. The van der Waals surface area contributed by atoms with Gasteiger partial charge in [-0.15, -0.1) is 0 Å². The molecule has 358 valence electrons. The first-order valence-electron chi connectivity index (χ1n) is 24.9. The number of hydrogen-bond donors (Lipinski definition) is 0. The lowest BCUT2D eigenvalue weighted by atomic mass is 9.75. The second-order valence-corrected chi connectivity index (χ2v) is 19.3. The molecule has 0 aliphatic rings. The highest BCUT2D eigenvalue weighted by Gasteiger charge is 2.27. The van der Waals surface area contributed by atoms with E-state index in [1.807, 2.05) is 97.1 Å². The summed E-state index contributed by atoms with van der Waals surface area (Å²) in [7, 11) is 0. The lowest BCUT2D eigenvalue weighted by molar-refractivity contribution is 0.111. The van der Waals surface area contributed by atoms with E-state index in [2.05, 4.69) is 139 Å². The molecule has 0 spiro atoms. The van der Waals surface area contributed by atoms with Gasteiger partial charge >= 0.3 is 0 Å². The average molecular weight is 959 g/mol. The van der Waals surface area contributed by atoms with E-state index in [0.29, 0.717) is 22.3 Å². The quantitative estimate of drug-likeness (QED) is 0.108. The van der Waals surface area contributed by atoms with Gasteiger partial charge in [0.05, 0.1) is 0 Å². The van der Waals surface area contributed by atoms with Crippen LogP contribution in [0.4, 0.5) is 0 Å². The van der Waals surface area contributed by atoms with Gasteiger partial charge in [-0.25, -0.2) is 0 Å². The summed E-state index contributed by atoms with van der Waals surface area (Å²) in [5.41, 5.74) is 29.7. The maximum atomic E-state index is 11.5. The highest BCUT2D eigenvalue weighted by molar-refractivity contribution is 5.99. The minimum Gasteiger partial charge on any atom is -0.298 e. The van der Waals surface area contributed by atoms with Crippen LogP contribution in [0.1, 0.15) is 74.8 Å². The fourth-order valence-corrected chi connectivity index (χ4v) is 11.3. The van der Waals surface area contributed by atoms with Crippen LogP contribution in [0.2, 0.25) is 0 Å². The van der Waals surface area contributed by atoms with Gasteiger partial charge in [0, 0.05) is 22.3 Å². The Kier molecular flexibility index (Phi) is 13.5. The van der Waals surface area contributed by atoms with E-state index < -0.39 is 0 Å². The maximum absolute atomic E-state index is 11.5. The number of benzene rings is 10. The van der Waals surface area contributed by atoms with Crippen LogP contribution in [0.15, 0.2) is 194 Å². The Balaban J connectivity index is 1.20. The standard InChI is InChI=1S/C70H54O4/c1-43-65(61-31-23-57(24-32-61)53-15-7-49(39-71)8-16-53)45(3)69(46(4)66(43)62-33-25-58(26-34-62)54-17-9-50(40-72)10-18-54)70-47(5)67(63-35-27-59(28-36-63)55-19-11-51(41-73)12-20-55)44(2)68(48(70)6)64-37-29-60(30-38-64)56-21-13-52(42-74)14-22-56/h7-42H,1-6H3. The summed E-state index contributed by atoms with van der Waals surface area (Å²) >= 11 is 0. The predicted molar refractivity (Wildman–Crippen MR) is 305 cm³/mol. The van der Waals surface area contributed by atoms with Crippen LogP contribution >= 0.6 is 0 Å². The third-order valence-corrected chi connectivity index (χ3v) is 15.0. The molecular weight excluding hydrogens is 905 g/mol. The fraction of sp³-hybridized carbons (Fsp3) is 0.0857. The minimum absolute atomic E-state index is 0.645. The van der Waals surface area contributed by atoms with Crippen molar-refractivity contribution in [1.29, 1.82) is 0 Å². The van der Waals surface area contributed by atoms with Crippen molar-refractivity contribution >= 4 is 25.1 Å². The molecule has 0 N–H and O–H groups in total. The summed E-state index contributed by atoms with van der Waals surface area (Å²) in [6, 6.07) is 66.0. The normalized spacial score (nSPS) is 11.1. The molecule has 0 unspecified atom stereocenters. The van der Waals surface area contributed by atoms with Gasteiger partial charge in [-0.3, -0.25) is 19.2 Å². The van der Waals surface area contributed by atoms with Crippen molar-refractivity contribution < 1.29 is 19.2 Å². The van der Waals surface area contributed by atoms with Crippen LogP contribution in [-0.4, -0.2) is 25.1 Å². The van der Waals surface area contributed by atoms with E-state index in [1.54, 1.807) is 0 Å². The summed E-state index contributed by atoms with van der Waals surface area (Å²) in [5, 5.41) is 0. The van der Waals surface area contributed by atoms with Gasteiger partial charge in [-0.2, -0.15) is 0 Å². The van der Waals surface area contributed by atoms with E-state index in [4.69, 9.17) is 0 Å². The lowest BCUT2D eigenvalue weighted by Crippen LogP contribution is -2.06. The number of rotatable bonds is 13. The number of carbonyl (C=O) groups is 4. The largest absolute Gasteiger partial charge is 0.298 e. The van der Waals surface area contributed by atoms with Crippen LogP contribution in [-0.2, 0) is 0 Å². The summed E-state index contributed by atoms with van der Waals surface area (Å²) in [5.74, 6) is 0. The Morgan fingerprint density at radius 2 is 0.297 bits per heavy atom. The predicted octanol–water partition coefficient (Wildman–Crippen LogP) is 17.8. The van der Waals surface area contributed by atoms with E-state index in [1.165, 1.54) is 66.8 Å². The monoisotopic (exact) mass is 958 g/mol. The average Bonchev–Trinajstić information content (AvgIpc) is 3.45. The van der Waals surface area contributed by atoms with E-state index >= 15 is 0 Å². The summed E-state index contributed by atoms with van der Waals surface area (Å²) in [6.07, 6.45) is 3.49. The van der Waals surface area contributed by atoms with Crippen LogP contribution in [0.25, 0.3) is 100 Å². The zero-order valence-electron chi connectivity index (χ0n) is 42.4. The van der Waals surface area contributed by atoms with Crippen LogP contribution in [0.5, 0.6) is 0 Å². The zero-order valence-corrected chi connectivity index (χ0v) is 42.4. The molecule has 0 bridgehead atoms. The number of hydrogen-bond acceptors (Lipinski definition) is 4. The van der Waals surface area contributed by atoms with Gasteiger partial charge in [0.1, 0.15) is 25.1 Å². The number of carbonyl (C=O) groups excluding carboxylic acids is 4. The highest BCUT2D eigenvalue weighted by atomic mass is 16.1. The SMILES string of the molecule is Cc1c(-c2ccc(-c3ccc(C=O)cc3)cc2)c(C)c(-c2c(C)c(-c3ccc(-c4ccc(C=O)cc4)cc3)c(C)c(-c3ccc(-c4ccc(C=O)cc4)cc3)c2C)c(C)c1-c1ccc(-c2ccc(C=O)cc2)cc1. The molecule has 10 rings (SSSR count). The van der Waals surface area contributed by atoms with Crippen molar-refractivity contribution in [2.45, 2.75) is 41.5 Å². The van der Waals surface area contributed by atoms with E-state index in [9.17, 15) is 19.2 Å². The Hall–Kier alpha value is -9.12. The van der Waals surface area contributed by atoms with Crippen LogP contribution < -0.4 is 0 Å². The van der Waals surface area contributed by atoms with Crippen molar-refractivity contribution in [3.63, 3.8) is 0 Å². The summed E-state index contributed by atoms with van der Waals surface area (Å²) in [4.78, 5) is 45.9. The van der Waals surface area contributed by atoms with E-state index in [0.717, 1.165) is 91.9 Å². The second-order valence-electron chi connectivity index (χ2n) is 19.3. The maximum Gasteiger partial charge on any atom is 0.150 e. The molecule has 0 saturated heterocycles. The first-order chi connectivity index (χ1) is 36.0. The molecular formula is C70H54O4. The van der Waals surface area contributed by atoms with Crippen molar-refractivity contribution in [1.82, 2.24) is 0 Å². The molecule has 0 atom stereocenters. The molecule has 0 heterocycles.